The highest BCUT2D eigenvalue weighted by atomic mass is 16.4. The standard InChI is InChI=1S/C8H12O4.C6H16N2.C6H10O4/c9-7(10)5-1-2-6(4-3-5)8(11)12;7-5-3-1-2-4-6-8;7-5(8)3-1-2-4-6(9)10/h5-6H,1-4H2,(H,9,10)(H,11,12);1-8H2;1-4H2,(H,7,8)(H,9,10). The number of carboxylic acids is 4. The number of carboxylic acid groups (broad SMARTS) is 4. The number of hydrogen-bond acceptors (Lipinski definition) is 6. The highest BCUT2D eigenvalue weighted by Crippen LogP contribution is 2.28. The molecule has 10 nitrogen and oxygen atoms in total. The summed E-state index contributed by atoms with van der Waals surface area (Å²) in [4.78, 5) is 40.8. The van der Waals surface area contributed by atoms with Gasteiger partial charge in [0.15, 0.2) is 0 Å². The van der Waals surface area contributed by atoms with Crippen molar-refractivity contribution < 1.29 is 39.6 Å². The first kappa shape index (κ1) is 30.0. The molecular weight excluding hydrogens is 396 g/mol. The summed E-state index contributed by atoms with van der Waals surface area (Å²) < 4.78 is 0. The van der Waals surface area contributed by atoms with E-state index in [0.29, 0.717) is 38.5 Å². The molecule has 8 N–H and O–H groups in total. The molecule has 0 aliphatic heterocycles. The summed E-state index contributed by atoms with van der Waals surface area (Å²) >= 11 is 0. The third kappa shape index (κ3) is 20.5. The van der Waals surface area contributed by atoms with Gasteiger partial charge in [-0.3, -0.25) is 19.2 Å². The second-order valence-corrected chi connectivity index (χ2v) is 7.21. The molecule has 0 radical (unpaired) electrons. The average Bonchev–Trinajstić information content (AvgIpc) is 2.69. The van der Waals surface area contributed by atoms with Crippen molar-refractivity contribution in [3.63, 3.8) is 0 Å². The van der Waals surface area contributed by atoms with Crippen molar-refractivity contribution >= 4 is 23.9 Å². The molecule has 0 spiro atoms. The van der Waals surface area contributed by atoms with Crippen molar-refractivity contribution in [2.24, 2.45) is 23.3 Å². The van der Waals surface area contributed by atoms with Crippen molar-refractivity contribution in [2.75, 3.05) is 13.1 Å². The van der Waals surface area contributed by atoms with Gasteiger partial charge in [0.25, 0.3) is 0 Å². The number of rotatable bonds is 12. The van der Waals surface area contributed by atoms with Gasteiger partial charge < -0.3 is 31.9 Å². The third-order valence-corrected chi connectivity index (χ3v) is 4.62. The Morgan fingerprint density at radius 3 is 1.07 bits per heavy atom. The summed E-state index contributed by atoms with van der Waals surface area (Å²) in [5.74, 6) is -3.96. The maximum absolute atomic E-state index is 10.5. The summed E-state index contributed by atoms with van der Waals surface area (Å²) in [7, 11) is 0. The van der Waals surface area contributed by atoms with E-state index in [2.05, 4.69) is 0 Å². The second kappa shape index (κ2) is 20.1. The van der Waals surface area contributed by atoms with Crippen LogP contribution in [0.15, 0.2) is 0 Å². The van der Waals surface area contributed by atoms with Crippen LogP contribution in [0.25, 0.3) is 0 Å². The fourth-order valence-electron chi connectivity index (χ4n) is 2.78. The molecule has 0 heterocycles. The van der Waals surface area contributed by atoms with Crippen LogP contribution in [0.4, 0.5) is 0 Å². The van der Waals surface area contributed by atoms with Crippen LogP contribution in [0.3, 0.4) is 0 Å². The Kier molecular flexibility index (Phi) is 20.1. The first-order valence-corrected chi connectivity index (χ1v) is 10.4. The van der Waals surface area contributed by atoms with Crippen molar-refractivity contribution in [3.8, 4) is 0 Å². The molecule has 0 amide bonds. The number of carbonyl (C=O) groups is 4. The fourth-order valence-corrected chi connectivity index (χ4v) is 2.78. The Balaban J connectivity index is 0. The molecule has 1 aliphatic rings. The SMILES string of the molecule is NCCCCCCN.O=C(O)C1CCC(C(=O)O)CC1.O=C(O)CCCCC(=O)O. The van der Waals surface area contributed by atoms with E-state index in [1.165, 1.54) is 12.8 Å². The topological polar surface area (TPSA) is 201 Å². The van der Waals surface area contributed by atoms with Crippen LogP contribution in [-0.4, -0.2) is 57.4 Å². The molecule has 1 fully saturated rings. The lowest BCUT2D eigenvalue weighted by Gasteiger charge is -2.22. The van der Waals surface area contributed by atoms with Crippen molar-refractivity contribution in [1.29, 1.82) is 0 Å². The van der Waals surface area contributed by atoms with Gasteiger partial charge in [-0.25, -0.2) is 0 Å². The van der Waals surface area contributed by atoms with Crippen molar-refractivity contribution in [3.05, 3.63) is 0 Å². The Morgan fingerprint density at radius 1 is 0.567 bits per heavy atom. The zero-order chi connectivity index (χ0) is 23.4. The first-order chi connectivity index (χ1) is 14.1. The van der Waals surface area contributed by atoms with Gasteiger partial charge in [0.1, 0.15) is 0 Å². The molecule has 30 heavy (non-hydrogen) atoms. The van der Waals surface area contributed by atoms with E-state index >= 15 is 0 Å². The Morgan fingerprint density at radius 2 is 0.867 bits per heavy atom. The monoisotopic (exact) mass is 434 g/mol. The normalized spacial score (nSPS) is 17.5. The van der Waals surface area contributed by atoms with E-state index in [1.54, 1.807) is 0 Å². The number of hydrogen-bond donors (Lipinski definition) is 6. The molecule has 0 aromatic heterocycles. The summed E-state index contributed by atoms with van der Waals surface area (Å²) in [5.41, 5.74) is 10.6. The molecular formula is C20H38N2O8. The van der Waals surface area contributed by atoms with Crippen LogP contribution in [-0.2, 0) is 19.2 Å². The molecule has 0 bridgehead atoms. The van der Waals surface area contributed by atoms with Crippen LogP contribution in [0, 0.1) is 11.8 Å². The second-order valence-electron chi connectivity index (χ2n) is 7.21. The van der Waals surface area contributed by atoms with Gasteiger partial charge in [-0.15, -0.1) is 0 Å². The zero-order valence-corrected chi connectivity index (χ0v) is 17.6. The molecule has 0 aromatic carbocycles. The maximum Gasteiger partial charge on any atom is 0.306 e. The molecule has 1 rings (SSSR count). The summed E-state index contributed by atoms with van der Waals surface area (Å²) in [6.45, 7) is 1.65. The zero-order valence-electron chi connectivity index (χ0n) is 17.6. The lowest BCUT2D eigenvalue weighted by Crippen LogP contribution is -2.25. The Hall–Kier alpha value is -2.20. The van der Waals surface area contributed by atoms with E-state index in [0.717, 1.165) is 25.9 Å². The Labute approximate surface area is 177 Å². The first-order valence-electron chi connectivity index (χ1n) is 10.4. The van der Waals surface area contributed by atoms with Gasteiger partial charge in [-0.05, 0) is 64.5 Å². The molecule has 1 saturated carbocycles. The van der Waals surface area contributed by atoms with Gasteiger partial charge in [0, 0.05) is 12.8 Å². The molecule has 1 aliphatic carbocycles. The minimum Gasteiger partial charge on any atom is -0.481 e. The predicted molar refractivity (Wildman–Crippen MR) is 111 cm³/mol. The van der Waals surface area contributed by atoms with Gasteiger partial charge in [-0.2, -0.15) is 0 Å². The van der Waals surface area contributed by atoms with Gasteiger partial charge in [0.2, 0.25) is 0 Å². The quantitative estimate of drug-likeness (QED) is 0.247. The number of unbranched alkanes of at least 4 members (excludes halogenated alkanes) is 4. The Bertz CT molecular complexity index is 447. The number of nitrogens with two attached hydrogens (primary N) is 2. The summed E-state index contributed by atoms with van der Waals surface area (Å²) in [5, 5.41) is 33.5. The fraction of sp³-hybridized carbons (Fsp3) is 0.800. The van der Waals surface area contributed by atoms with Crippen LogP contribution in [0.5, 0.6) is 0 Å². The third-order valence-electron chi connectivity index (χ3n) is 4.62. The highest BCUT2D eigenvalue weighted by molar-refractivity contribution is 5.72. The van der Waals surface area contributed by atoms with E-state index in [1.807, 2.05) is 0 Å². The van der Waals surface area contributed by atoms with Crippen LogP contribution in [0.2, 0.25) is 0 Å². The van der Waals surface area contributed by atoms with Gasteiger partial charge in [0.05, 0.1) is 11.8 Å². The molecule has 0 saturated heterocycles. The van der Waals surface area contributed by atoms with E-state index in [4.69, 9.17) is 31.9 Å². The molecule has 10 heteroatoms. The predicted octanol–water partition coefficient (Wildman–Crippen LogP) is 2.14. The molecule has 0 atom stereocenters. The van der Waals surface area contributed by atoms with Crippen LogP contribution in [0.1, 0.15) is 77.0 Å². The smallest absolute Gasteiger partial charge is 0.306 e. The molecule has 0 aromatic rings. The van der Waals surface area contributed by atoms with E-state index in [9.17, 15) is 19.2 Å². The molecule has 176 valence electrons. The highest BCUT2D eigenvalue weighted by Gasteiger charge is 2.29. The van der Waals surface area contributed by atoms with E-state index in [-0.39, 0.29) is 24.7 Å². The minimum absolute atomic E-state index is 0.0628. The molecule has 0 unspecified atom stereocenters. The largest absolute Gasteiger partial charge is 0.481 e. The number of aliphatic carboxylic acids is 4. The van der Waals surface area contributed by atoms with E-state index < -0.39 is 23.9 Å². The minimum atomic E-state index is -0.870. The van der Waals surface area contributed by atoms with Crippen molar-refractivity contribution in [2.45, 2.75) is 77.0 Å². The summed E-state index contributed by atoms with van der Waals surface area (Å²) in [6.07, 6.45) is 7.84. The average molecular weight is 435 g/mol. The maximum atomic E-state index is 10.5. The van der Waals surface area contributed by atoms with Gasteiger partial charge >= 0.3 is 23.9 Å². The van der Waals surface area contributed by atoms with Crippen molar-refractivity contribution in [1.82, 2.24) is 0 Å². The lowest BCUT2D eigenvalue weighted by atomic mass is 9.82. The lowest BCUT2D eigenvalue weighted by molar-refractivity contribution is -0.148. The van der Waals surface area contributed by atoms with Crippen LogP contribution < -0.4 is 11.5 Å². The van der Waals surface area contributed by atoms with Crippen LogP contribution >= 0.6 is 0 Å². The van der Waals surface area contributed by atoms with Gasteiger partial charge in [-0.1, -0.05) is 12.8 Å². The summed E-state index contributed by atoms with van der Waals surface area (Å²) in [6, 6.07) is 0.